The first-order valence-corrected chi connectivity index (χ1v) is 18.9. The van der Waals surface area contributed by atoms with Crippen LogP contribution in [0.2, 0.25) is 0 Å². The molecule has 4 aromatic rings. The molecule has 288 valence electrons. The van der Waals surface area contributed by atoms with Crippen LogP contribution in [-0.2, 0) is 19.1 Å². The number of nitrogens with one attached hydrogen (secondary N) is 4. The number of amides is 4. The second kappa shape index (κ2) is 16.7. The maximum absolute atomic E-state index is 13.5. The number of hydrogen-bond acceptors (Lipinski definition) is 8. The Hall–Kier alpha value is -5.40. The molecule has 4 heterocycles. The molecule has 0 bridgehead atoms. The first-order valence-electron chi connectivity index (χ1n) is 18.9. The number of rotatable bonds is 12. The van der Waals surface area contributed by atoms with Gasteiger partial charge in [0, 0.05) is 38.0 Å². The molecule has 2 saturated heterocycles. The van der Waals surface area contributed by atoms with Crippen molar-refractivity contribution in [1.29, 1.82) is 0 Å². The van der Waals surface area contributed by atoms with Gasteiger partial charge in [-0.3, -0.25) is 9.59 Å². The summed E-state index contributed by atoms with van der Waals surface area (Å²) in [4.78, 5) is 70.9. The van der Waals surface area contributed by atoms with Crippen molar-refractivity contribution in [2.45, 2.75) is 90.4 Å². The monoisotopic (exact) mass is 740 g/mol. The number of carbonyl (C=O) groups excluding carboxylic acids is 4. The molecule has 0 spiro atoms. The van der Waals surface area contributed by atoms with Crippen LogP contribution in [0.1, 0.15) is 90.0 Å². The Kier molecular flexibility index (Phi) is 11.9. The number of carbonyl (C=O) groups is 4. The fourth-order valence-corrected chi connectivity index (χ4v) is 7.50. The van der Waals surface area contributed by atoms with Crippen molar-refractivity contribution in [3.63, 3.8) is 0 Å². The van der Waals surface area contributed by atoms with Gasteiger partial charge in [-0.05, 0) is 66.3 Å². The van der Waals surface area contributed by atoms with E-state index in [2.05, 4.69) is 62.0 Å². The number of alkyl carbamates (subject to hydrolysis) is 2. The molecule has 2 aromatic heterocycles. The topological polar surface area (TPSA) is 175 Å². The zero-order chi connectivity index (χ0) is 38.5. The lowest BCUT2D eigenvalue weighted by atomic mass is 10.00. The highest BCUT2D eigenvalue weighted by molar-refractivity contribution is 5.83. The van der Waals surface area contributed by atoms with Gasteiger partial charge in [-0.15, -0.1) is 0 Å². The van der Waals surface area contributed by atoms with Crippen molar-refractivity contribution >= 4 is 35.0 Å². The number of ether oxygens (including phenoxy) is 2. The lowest BCUT2D eigenvalue weighted by Crippen LogP contribution is -2.43. The molecule has 2 aliphatic rings. The summed E-state index contributed by atoms with van der Waals surface area (Å²) in [7, 11) is 2.64. The Balaban J connectivity index is 1.12. The molecule has 0 radical (unpaired) electrons. The maximum atomic E-state index is 13.5. The first kappa shape index (κ1) is 38.3. The zero-order valence-corrected chi connectivity index (χ0v) is 32.0. The number of imidazole rings is 2. The Morgan fingerprint density at radius 1 is 0.741 bits per heavy atom. The van der Waals surface area contributed by atoms with E-state index in [9.17, 15) is 19.2 Å². The number of H-pyrrole nitrogens is 2. The minimum atomic E-state index is -0.540. The molecule has 0 aliphatic carbocycles. The molecular formula is C40H52N8O6. The summed E-state index contributed by atoms with van der Waals surface area (Å²) in [5, 5.41) is 5.59. The lowest BCUT2D eigenvalue weighted by Gasteiger charge is -2.27. The van der Waals surface area contributed by atoms with E-state index in [1.54, 1.807) is 0 Å². The molecule has 0 unspecified atom stereocenters. The van der Waals surface area contributed by atoms with E-state index in [0.717, 1.165) is 70.7 Å². The van der Waals surface area contributed by atoms with E-state index in [-0.39, 0.29) is 60.7 Å². The van der Waals surface area contributed by atoms with Gasteiger partial charge in [-0.2, -0.15) is 0 Å². The van der Waals surface area contributed by atoms with E-state index in [1.165, 1.54) is 14.2 Å². The molecule has 4 N–H and O–H groups in total. The van der Waals surface area contributed by atoms with Gasteiger partial charge in [0.1, 0.15) is 11.6 Å². The van der Waals surface area contributed by atoms with Gasteiger partial charge in [0.25, 0.3) is 0 Å². The van der Waals surface area contributed by atoms with Crippen LogP contribution in [0.3, 0.4) is 0 Å². The second-order valence-corrected chi connectivity index (χ2v) is 15.0. The average Bonchev–Trinajstić information content (AvgIpc) is 3.99. The second-order valence-electron chi connectivity index (χ2n) is 15.0. The van der Waals surface area contributed by atoms with E-state index in [0.29, 0.717) is 13.1 Å². The predicted octanol–water partition coefficient (Wildman–Crippen LogP) is 6.49. The number of nitrogens with zero attached hydrogens (tertiary/aromatic N) is 4. The third-order valence-corrected chi connectivity index (χ3v) is 10.8. The van der Waals surface area contributed by atoms with Crippen LogP contribution >= 0.6 is 0 Å². The van der Waals surface area contributed by atoms with Gasteiger partial charge in [0.15, 0.2) is 0 Å². The number of methoxy groups -OCH3 is 2. The van der Waals surface area contributed by atoms with Crippen LogP contribution in [0.15, 0.2) is 48.7 Å². The first-order chi connectivity index (χ1) is 25.9. The molecular weight excluding hydrogens is 688 g/mol. The summed E-state index contributed by atoms with van der Waals surface area (Å²) in [6, 6.07) is 13.4. The van der Waals surface area contributed by atoms with Crippen LogP contribution in [0.5, 0.6) is 0 Å². The summed E-state index contributed by atoms with van der Waals surface area (Å²) in [5.41, 5.74) is 5.65. The average molecular weight is 741 g/mol. The molecule has 2 aliphatic heterocycles. The van der Waals surface area contributed by atoms with E-state index in [4.69, 9.17) is 14.5 Å². The van der Waals surface area contributed by atoms with Crippen LogP contribution in [0.4, 0.5) is 9.59 Å². The van der Waals surface area contributed by atoms with Gasteiger partial charge in [0.2, 0.25) is 11.8 Å². The molecule has 2 fully saturated rings. The molecule has 0 saturated carbocycles. The largest absolute Gasteiger partial charge is 0.453 e. The summed E-state index contributed by atoms with van der Waals surface area (Å²) in [6.45, 7) is 9.18. The third kappa shape index (κ3) is 8.53. The quantitative estimate of drug-likeness (QED) is 0.128. The third-order valence-electron chi connectivity index (χ3n) is 10.8. The van der Waals surface area contributed by atoms with Crippen LogP contribution in [0, 0.1) is 11.8 Å². The van der Waals surface area contributed by atoms with Crippen LogP contribution in [0.25, 0.3) is 33.4 Å². The molecule has 6 rings (SSSR count). The summed E-state index contributed by atoms with van der Waals surface area (Å²) >= 11 is 0. The molecule has 54 heavy (non-hydrogen) atoms. The number of fused-ring (bicyclic) bond motifs is 1. The van der Waals surface area contributed by atoms with Crippen LogP contribution in [-0.4, -0.2) is 93.1 Å². The summed E-state index contributed by atoms with van der Waals surface area (Å²) < 4.78 is 9.52. The van der Waals surface area contributed by atoms with Gasteiger partial charge >= 0.3 is 12.2 Å². The fraction of sp³-hybridized carbons (Fsp3) is 0.500. The normalized spacial score (nSPS) is 18.3. The van der Waals surface area contributed by atoms with Gasteiger partial charge in [0.05, 0.1) is 49.2 Å². The number of aromatic nitrogens is 4. The van der Waals surface area contributed by atoms with Crippen molar-refractivity contribution in [2.24, 2.45) is 11.8 Å². The highest BCUT2D eigenvalue weighted by Gasteiger charge is 2.35. The number of hydrogen-bond donors (Lipinski definition) is 4. The van der Waals surface area contributed by atoms with Crippen molar-refractivity contribution in [3.8, 4) is 22.4 Å². The van der Waals surface area contributed by atoms with Crippen molar-refractivity contribution in [3.05, 3.63) is 60.3 Å². The number of benzene rings is 2. The molecule has 4 atom stereocenters. The SMILES string of the molecule is COC(=O)N[C@H](CC(=O)N1CCC[C@H]1c1ncc(-c2ccc(-c3ccc4nc([C@@H]5CCCN5C(=O)C[C@@H](NC(=O)OC)C(C)C)[nH]c4c3)cc2)[nH]1)C(C)C. The highest BCUT2D eigenvalue weighted by Crippen LogP contribution is 2.35. The Morgan fingerprint density at radius 3 is 1.80 bits per heavy atom. The predicted molar refractivity (Wildman–Crippen MR) is 204 cm³/mol. The van der Waals surface area contributed by atoms with Gasteiger partial charge in [-0.25, -0.2) is 19.6 Å². The van der Waals surface area contributed by atoms with Crippen LogP contribution < -0.4 is 10.6 Å². The molecule has 14 heteroatoms. The van der Waals surface area contributed by atoms with E-state index in [1.807, 2.05) is 49.8 Å². The minimum Gasteiger partial charge on any atom is -0.453 e. The van der Waals surface area contributed by atoms with Gasteiger partial charge in [-0.1, -0.05) is 58.0 Å². The van der Waals surface area contributed by atoms with E-state index >= 15 is 0 Å². The van der Waals surface area contributed by atoms with Crippen molar-refractivity contribution < 1.29 is 28.7 Å². The molecule has 14 nitrogen and oxygen atoms in total. The fourth-order valence-electron chi connectivity index (χ4n) is 7.50. The Labute approximate surface area is 315 Å². The van der Waals surface area contributed by atoms with Crippen molar-refractivity contribution in [2.75, 3.05) is 27.3 Å². The number of aromatic amines is 2. The Morgan fingerprint density at radius 2 is 1.26 bits per heavy atom. The van der Waals surface area contributed by atoms with Crippen molar-refractivity contribution in [1.82, 2.24) is 40.4 Å². The molecule has 4 amide bonds. The lowest BCUT2D eigenvalue weighted by molar-refractivity contribution is -0.133. The van der Waals surface area contributed by atoms with Gasteiger partial charge < -0.3 is 39.9 Å². The molecule has 2 aromatic carbocycles. The summed E-state index contributed by atoms with van der Waals surface area (Å²) in [6.07, 6.45) is 4.51. The minimum absolute atomic E-state index is 0.0166. The standard InChI is InChI=1S/C40H52N8O6/c1-23(2)29(45-39(51)53-5)20-35(49)47-17-7-9-33(47)37-41-22-32(44-37)26-13-11-25(12-14-26)27-15-16-28-31(19-27)43-38(42-28)34-10-8-18-48(34)36(50)21-30(24(3)4)46-40(52)54-6/h11-16,19,22-24,29-30,33-34H,7-10,17-18,20-21H2,1-6H3,(H,41,44)(H,42,43)(H,45,51)(H,46,52)/t29-,30-,33+,34+/m1/s1. The number of likely N-dealkylation sites (tertiary alicyclic amines) is 2. The highest BCUT2D eigenvalue weighted by atomic mass is 16.5. The summed E-state index contributed by atoms with van der Waals surface area (Å²) in [5.74, 6) is 1.62. The Bertz CT molecular complexity index is 1950. The van der Waals surface area contributed by atoms with E-state index < -0.39 is 12.2 Å². The smallest absolute Gasteiger partial charge is 0.407 e. The maximum Gasteiger partial charge on any atom is 0.407 e. The zero-order valence-electron chi connectivity index (χ0n) is 32.0.